The normalized spacial score (nSPS) is 15.7. The predicted octanol–water partition coefficient (Wildman–Crippen LogP) is 2.46. The summed E-state index contributed by atoms with van der Waals surface area (Å²) in [6.45, 7) is 1.56. The summed E-state index contributed by atoms with van der Waals surface area (Å²) >= 11 is 5.25. The van der Waals surface area contributed by atoms with E-state index >= 15 is 0 Å². The maximum atomic E-state index is 12.5. The zero-order valence-electron chi connectivity index (χ0n) is 12.4. The van der Waals surface area contributed by atoms with Crippen LogP contribution in [0.25, 0.3) is 10.9 Å². The summed E-state index contributed by atoms with van der Waals surface area (Å²) in [6, 6.07) is 7.21. The molecule has 0 radical (unpaired) electrons. The second-order valence-corrected chi connectivity index (χ2v) is 6.05. The average Bonchev–Trinajstić information content (AvgIpc) is 2.80. The van der Waals surface area contributed by atoms with Gasteiger partial charge in [-0.15, -0.1) is 0 Å². The molecule has 22 heavy (non-hydrogen) atoms. The van der Waals surface area contributed by atoms with E-state index < -0.39 is 0 Å². The van der Waals surface area contributed by atoms with Crippen molar-refractivity contribution in [1.82, 2.24) is 14.5 Å². The van der Waals surface area contributed by atoms with Crippen molar-refractivity contribution in [2.45, 2.75) is 32.2 Å². The minimum atomic E-state index is -0.206. The van der Waals surface area contributed by atoms with Crippen molar-refractivity contribution < 1.29 is 4.79 Å². The number of carbonyl (C=O) groups excluding carboxylic acids is 1. The smallest absolute Gasteiger partial charge is 0.262 e. The predicted molar refractivity (Wildman–Crippen MR) is 88.4 cm³/mol. The standard InChI is InChI=1S/C16H19N3O2S/c20-14(18-9-5-1-2-6-10-18)11-19-15(21)12-7-3-4-8-13(12)17-16(19)22/h3-4,7-8H,1-2,5-6,9-11H2,(H,17,22). The summed E-state index contributed by atoms with van der Waals surface area (Å²) in [4.78, 5) is 29.9. The number of likely N-dealkylation sites (tertiary alicyclic amines) is 1. The van der Waals surface area contributed by atoms with Gasteiger partial charge in [0.1, 0.15) is 6.54 Å². The molecule has 6 heteroatoms. The molecule has 3 rings (SSSR count). The Labute approximate surface area is 133 Å². The molecular formula is C16H19N3O2S. The molecule has 0 aliphatic carbocycles. The number of nitrogens with one attached hydrogen (secondary N) is 1. The van der Waals surface area contributed by atoms with Gasteiger partial charge in [0.15, 0.2) is 4.77 Å². The highest BCUT2D eigenvalue weighted by molar-refractivity contribution is 7.71. The summed E-state index contributed by atoms with van der Waals surface area (Å²) < 4.78 is 1.66. The Balaban J connectivity index is 1.91. The first-order chi connectivity index (χ1) is 10.7. The fraction of sp³-hybridized carbons (Fsp3) is 0.438. The number of para-hydroxylation sites is 1. The van der Waals surface area contributed by atoms with E-state index in [1.54, 1.807) is 6.07 Å². The number of fused-ring (bicyclic) bond motifs is 1. The Hall–Kier alpha value is -1.95. The molecule has 2 aromatic rings. The number of nitrogens with zero attached hydrogens (tertiary/aromatic N) is 2. The molecule has 1 aliphatic heterocycles. The molecule has 1 saturated heterocycles. The average molecular weight is 317 g/mol. The highest BCUT2D eigenvalue weighted by Crippen LogP contribution is 2.11. The van der Waals surface area contributed by atoms with E-state index in [0.717, 1.165) is 25.9 Å². The highest BCUT2D eigenvalue weighted by atomic mass is 32.1. The van der Waals surface area contributed by atoms with Gasteiger partial charge in [0.2, 0.25) is 5.91 Å². The number of aromatic nitrogens is 2. The van der Waals surface area contributed by atoms with E-state index in [4.69, 9.17) is 12.2 Å². The summed E-state index contributed by atoms with van der Waals surface area (Å²) in [5, 5.41) is 0.555. The van der Waals surface area contributed by atoms with Crippen molar-refractivity contribution in [2.75, 3.05) is 13.1 Å². The first-order valence-corrected chi connectivity index (χ1v) is 8.07. The van der Waals surface area contributed by atoms with Crippen molar-refractivity contribution in [1.29, 1.82) is 0 Å². The maximum Gasteiger partial charge on any atom is 0.262 e. The number of rotatable bonds is 2. The molecule has 2 heterocycles. The van der Waals surface area contributed by atoms with Gasteiger partial charge in [-0.1, -0.05) is 25.0 Å². The summed E-state index contributed by atoms with van der Waals surface area (Å²) in [7, 11) is 0. The number of aromatic amines is 1. The first kappa shape index (κ1) is 15.0. The van der Waals surface area contributed by atoms with Crippen LogP contribution >= 0.6 is 12.2 Å². The van der Waals surface area contributed by atoms with Crippen LogP contribution in [0.1, 0.15) is 25.7 Å². The van der Waals surface area contributed by atoms with Crippen molar-refractivity contribution in [3.05, 3.63) is 39.4 Å². The molecule has 1 aromatic carbocycles. The van der Waals surface area contributed by atoms with Gasteiger partial charge < -0.3 is 9.88 Å². The van der Waals surface area contributed by atoms with E-state index in [-0.39, 0.29) is 18.0 Å². The van der Waals surface area contributed by atoms with Crippen LogP contribution in [0.15, 0.2) is 29.1 Å². The monoisotopic (exact) mass is 317 g/mol. The van der Waals surface area contributed by atoms with Crippen LogP contribution < -0.4 is 5.56 Å². The topological polar surface area (TPSA) is 58.1 Å². The molecule has 1 N–H and O–H groups in total. The fourth-order valence-corrected chi connectivity index (χ4v) is 3.16. The van der Waals surface area contributed by atoms with E-state index in [2.05, 4.69) is 4.98 Å². The number of amides is 1. The van der Waals surface area contributed by atoms with Gasteiger partial charge in [-0.05, 0) is 37.2 Å². The maximum absolute atomic E-state index is 12.5. The van der Waals surface area contributed by atoms with E-state index in [1.165, 1.54) is 17.4 Å². The van der Waals surface area contributed by atoms with Crippen LogP contribution in [0.4, 0.5) is 0 Å². The van der Waals surface area contributed by atoms with Crippen molar-refractivity contribution in [3.63, 3.8) is 0 Å². The largest absolute Gasteiger partial charge is 0.341 e. The summed E-state index contributed by atoms with van der Waals surface area (Å²) in [5.74, 6) is -0.0289. The molecule has 0 atom stereocenters. The molecule has 0 spiro atoms. The SMILES string of the molecule is O=C(Cn1c(=S)[nH]c2ccccc2c1=O)N1CCCCCC1. The zero-order chi connectivity index (χ0) is 15.5. The third kappa shape index (κ3) is 2.97. The Morgan fingerprint density at radius 1 is 1.14 bits per heavy atom. The number of hydrogen-bond acceptors (Lipinski definition) is 3. The minimum Gasteiger partial charge on any atom is -0.341 e. The molecule has 0 saturated carbocycles. The Kier molecular flexibility index (Phi) is 4.38. The number of benzene rings is 1. The Bertz CT molecular complexity index is 801. The van der Waals surface area contributed by atoms with Crippen molar-refractivity contribution >= 4 is 29.0 Å². The third-order valence-electron chi connectivity index (χ3n) is 4.14. The fourth-order valence-electron chi connectivity index (χ4n) is 2.90. The lowest BCUT2D eigenvalue weighted by molar-refractivity contribution is -0.131. The lowest BCUT2D eigenvalue weighted by atomic mass is 10.2. The van der Waals surface area contributed by atoms with E-state index in [1.807, 2.05) is 23.1 Å². The zero-order valence-corrected chi connectivity index (χ0v) is 13.2. The lowest BCUT2D eigenvalue weighted by Crippen LogP contribution is -2.37. The second kappa shape index (κ2) is 6.44. The van der Waals surface area contributed by atoms with Gasteiger partial charge in [-0.2, -0.15) is 0 Å². The number of hydrogen-bond donors (Lipinski definition) is 1. The minimum absolute atomic E-state index is 0.0129. The molecule has 0 bridgehead atoms. The molecule has 116 valence electrons. The van der Waals surface area contributed by atoms with Gasteiger partial charge in [0.05, 0.1) is 10.9 Å². The van der Waals surface area contributed by atoms with E-state index in [9.17, 15) is 9.59 Å². The quantitative estimate of drug-likeness (QED) is 0.866. The van der Waals surface area contributed by atoms with Gasteiger partial charge in [0, 0.05) is 13.1 Å². The van der Waals surface area contributed by atoms with E-state index in [0.29, 0.717) is 15.7 Å². The Morgan fingerprint density at radius 3 is 2.55 bits per heavy atom. The Morgan fingerprint density at radius 2 is 1.82 bits per heavy atom. The third-order valence-corrected chi connectivity index (χ3v) is 4.46. The van der Waals surface area contributed by atoms with Crippen LogP contribution in [0, 0.1) is 4.77 Å². The van der Waals surface area contributed by atoms with Gasteiger partial charge in [-0.3, -0.25) is 14.2 Å². The van der Waals surface area contributed by atoms with Gasteiger partial charge >= 0.3 is 0 Å². The molecule has 5 nitrogen and oxygen atoms in total. The molecule has 1 aliphatic rings. The van der Waals surface area contributed by atoms with Crippen LogP contribution in [0.3, 0.4) is 0 Å². The lowest BCUT2D eigenvalue weighted by Gasteiger charge is -2.20. The van der Waals surface area contributed by atoms with Crippen LogP contribution in [-0.2, 0) is 11.3 Å². The van der Waals surface area contributed by atoms with Gasteiger partial charge in [0.25, 0.3) is 5.56 Å². The molecule has 1 aromatic heterocycles. The summed E-state index contributed by atoms with van der Waals surface area (Å²) in [5.41, 5.74) is 0.499. The van der Waals surface area contributed by atoms with Crippen molar-refractivity contribution in [3.8, 4) is 0 Å². The number of carbonyl (C=O) groups is 1. The molecule has 1 fully saturated rings. The molecular weight excluding hydrogens is 298 g/mol. The van der Waals surface area contributed by atoms with Gasteiger partial charge in [-0.25, -0.2) is 0 Å². The summed E-state index contributed by atoms with van der Waals surface area (Å²) in [6.07, 6.45) is 4.40. The second-order valence-electron chi connectivity index (χ2n) is 5.66. The highest BCUT2D eigenvalue weighted by Gasteiger charge is 2.17. The first-order valence-electron chi connectivity index (χ1n) is 7.66. The number of H-pyrrole nitrogens is 1. The van der Waals surface area contributed by atoms with Crippen molar-refractivity contribution in [2.24, 2.45) is 0 Å². The van der Waals surface area contributed by atoms with Crippen LogP contribution in [-0.4, -0.2) is 33.4 Å². The van der Waals surface area contributed by atoms with Crippen LogP contribution in [0.5, 0.6) is 0 Å². The van der Waals surface area contributed by atoms with Crippen LogP contribution in [0.2, 0.25) is 0 Å². The molecule has 1 amide bonds. The molecule has 0 unspecified atom stereocenters.